The topological polar surface area (TPSA) is 82.3 Å². The van der Waals surface area contributed by atoms with E-state index in [0.29, 0.717) is 6.42 Å². The van der Waals surface area contributed by atoms with Gasteiger partial charge in [-0.25, -0.2) is 4.79 Å². The van der Waals surface area contributed by atoms with Crippen molar-refractivity contribution in [2.24, 2.45) is 0 Å². The Balaban J connectivity index is 4.06. The molecule has 0 radical (unpaired) electrons. The second kappa shape index (κ2) is 6.25. The molecule has 0 aromatic carbocycles. The summed E-state index contributed by atoms with van der Waals surface area (Å²) in [5.41, 5.74) is -0.555. The Hall–Kier alpha value is -1.28. The lowest BCUT2D eigenvalue weighted by atomic mass is 10.1. The van der Waals surface area contributed by atoms with Crippen molar-refractivity contribution in [3.63, 3.8) is 0 Å². The van der Waals surface area contributed by atoms with E-state index in [2.05, 4.69) is 5.32 Å². The number of alkyl carbamates (subject to hydrolysis) is 1. The molecule has 0 bridgehead atoms. The molecule has 1 atom stereocenters. The number of rotatable bonds is 4. The molecule has 2 N–H and O–H groups in total. The third-order valence-corrected chi connectivity index (χ3v) is 1.54. The van der Waals surface area contributed by atoms with Crippen LogP contribution < -0.4 is 5.32 Å². The van der Waals surface area contributed by atoms with Crippen LogP contribution in [0.15, 0.2) is 0 Å². The van der Waals surface area contributed by atoms with Crippen LogP contribution in [0.1, 0.15) is 33.6 Å². The van der Waals surface area contributed by atoms with E-state index in [9.17, 15) is 4.79 Å². The van der Waals surface area contributed by atoms with Crippen molar-refractivity contribution in [1.82, 2.24) is 5.32 Å². The number of ether oxygens (including phenoxy) is 1. The molecule has 0 aliphatic carbocycles. The number of hydrogen-bond acceptors (Lipinski definition) is 4. The highest BCUT2D eigenvalue weighted by atomic mass is 16.6. The molecular weight excluding hydrogens is 196 g/mol. The monoisotopic (exact) mass is 214 g/mol. The predicted octanol–water partition coefficient (Wildman–Crippen LogP) is 1.18. The van der Waals surface area contributed by atoms with Crippen LogP contribution in [0.4, 0.5) is 4.79 Å². The highest BCUT2D eigenvalue weighted by Gasteiger charge is 2.18. The van der Waals surface area contributed by atoms with Crippen LogP contribution in [0, 0.1) is 11.3 Å². The molecule has 0 aliphatic rings. The van der Waals surface area contributed by atoms with Gasteiger partial charge in [0.1, 0.15) is 5.60 Å². The van der Waals surface area contributed by atoms with E-state index in [1.54, 1.807) is 20.8 Å². The predicted molar refractivity (Wildman–Crippen MR) is 55.1 cm³/mol. The first-order valence-electron chi connectivity index (χ1n) is 4.86. The maximum atomic E-state index is 11.3. The van der Waals surface area contributed by atoms with Gasteiger partial charge in [-0.1, -0.05) is 0 Å². The van der Waals surface area contributed by atoms with Gasteiger partial charge in [-0.15, -0.1) is 0 Å². The maximum Gasteiger partial charge on any atom is 0.407 e. The van der Waals surface area contributed by atoms with Crippen molar-refractivity contribution in [2.75, 3.05) is 6.61 Å². The summed E-state index contributed by atoms with van der Waals surface area (Å²) in [6.45, 7) is 5.22. The van der Waals surface area contributed by atoms with E-state index < -0.39 is 11.7 Å². The number of amides is 1. The second-order valence-electron chi connectivity index (χ2n) is 4.22. The fourth-order valence-corrected chi connectivity index (χ4v) is 0.966. The Morgan fingerprint density at radius 1 is 1.60 bits per heavy atom. The fourth-order valence-electron chi connectivity index (χ4n) is 0.966. The first kappa shape index (κ1) is 13.7. The highest BCUT2D eigenvalue weighted by molar-refractivity contribution is 5.68. The van der Waals surface area contributed by atoms with E-state index in [1.165, 1.54) is 0 Å². The van der Waals surface area contributed by atoms with E-state index in [4.69, 9.17) is 15.1 Å². The first-order valence-corrected chi connectivity index (χ1v) is 4.86. The van der Waals surface area contributed by atoms with Crippen LogP contribution in [0.3, 0.4) is 0 Å². The van der Waals surface area contributed by atoms with E-state index in [-0.39, 0.29) is 19.1 Å². The average Bonchev–Trinajstić information content (AvgIpc) is 2.00. The van der Waals surface area contributed by atoms with Crippen molar-refractivity contribution in [2.45, 2.75) is 45.3 Å². The van der Waals surface area contributed by atoms with Crippen molar-refractivity contribution in [3.8, 4) is 6.07 Å². The first-order chi connectivity index (χ1) is 6.89. The van der Waals surface area contributed by atoms with Gasteiger partial charge in [0.15, 0.2) is 0 Å². The number of nitriles is 1. The summed E-state index contributed by atoms with van der Waals surface area (Å²) in [7, 11) is 0. The summed E-state index contributed by atoms with van der Waals surface area (Å²) in [6, 6.07) is 1.59. The Morgan fingerprint density at radius 2 is 2.20 bits per heavy atom. The van der Waals surface area contributed by atoms with Gasteiger partial charge >= 0.3 is 6.09 Å². The van der Waals surface area contributed by atoms with Crippen LogP contribution in [-0.4, -0.2) is 29.4 Å². The minimum atomic E-state index is -0.559. The quantitative estimate of drug-likeness (QED) is 0.736. The molecule has 0 heterocycles. The number of hydrogen-bond donors (Lipinski definition) is 2. The molecule has 0 spiro atoms. The Bertz CT molecular complexity index is 240. The van der Waals surface area contributed by atoms with Gasteiger partial charge in [-0.05, 0) is 27.2 Å². The van der Waals surface area contributed by atoms with Crippen molar-refractivity contribution in [3.05, 3.63) is 0 Å². The SMILES string of the molecule is CC(C)(C)OC(=O)N[C@H](CC#N)CCO. The van der Waals surface area contributed by atoms with Crippen LogP contribution in [0.25, 0.3) is 0 Å². The molecule has 5 heteroatoms. The summed E-state index contributed by atoms with van der Waals surface area (Å²) in [4.78, 5) is 11.3. The molecule has 0 rings (SSSR count). The van der Waals surface area contributed by atoms with Crippen molar-refractivity contribution < 1.29 is 14.6 Å². The van der Waals surface area contributed by atoms with Gasteiger partial charge in [-0.2, -0.15) is 5.26 Å². The Morgan fingerprint density at radius 3 is 2.60 bits per heavy atom. The summed E-state index contributed by atoms with van der Waals surface area (Å²) in [5.74, 6) is 0. The zero-order valence-corrected chi connectivity index (χ0v) is 9.41. The van der Waals surface area contributed by atoms with Gasteiger partial charge in [-0.3, -0.25) is 0 Å². The minimum Gasteiger partial charge on any atom is -0.444 e. The smallest absolute Gasteiger partial charge is 0.407 e. The van der Waals surface area contributed by atoms with Crippen LogP contribution in [0.5, 0.6) is 0 Å². The molecule has 5 nitrogen and oxygen atoms in total. The van der Waals surface area contributed by atoms with Gasteiger partial charge < -0.3 is 15.2 Å². The molecule has 0 aromatic rings. The standard InChI is InChI=1S/C10H18N2O3/c1-10(2,3)15-9(14)12-8(4-6-11)5-7-13/h8,13H,4-5,7H2,1-3H3,(H,12,14)/t8-/m1/s1. The molecule has 0 saturated carbocycles. The average molecular weight is 214 g/mol. The van der Waals surface area contributed by atoms with Crippen LogP contribution in [-0.2, 0) is 4.74 Å². The number of nitrogens with one attached hydrogen (secondary N) is 1. The molecular formula is C10H18N2O3. The van der Waals surface area contributed by atoms with E-state index in [1.807, 2.05) is 6.07 Å². The zero-order valence-electron chi connectivity index (χ0n) is 9.41. The van der Waals surface area contributed by atoms with Gasteiger partial charge in [0.25, 0.3) is 0 Å². The lowest BCUT2D eigenvalue weighted by Gasteiger charge is -2.22. The third kappa shape index (κ3) is 7.77. The van der Waals surface area contributed by atoms with Crippen molar-refractivity contribution in [1.29, 1.82) is 5.26 Å². The molecule has 15 heavy (non-hydrogen) atoms. The molecule has 1 amide bonds. The van der Waals surface area contributed by atoms with Gasteiger partial charge in [0, 0.05) is 12.6 Å². The number of aliphatic hydroxyl groups excluding tert-OH is 1. The van der Waals surface area contributed by atoms with Crippen LogP contribution in [0.2, 0.25) is 0 Å². The van der Waals surface area contributed by atoms with E-state index in [0.717, 1.165) is 0 Å². The van der Waals surface area contributed by atoms with E-state index >= 15 is 0 Å². The second-order valence-corrected chi connectivity index (χ2v) is 4.22. The highest BCUT2D eigenvalue weighted by Crippen LogP contribution is 2.07. The summed E-state index contributed by atoms with van der Waals surface area (Å²) < 4.78 is 5.02. The molecule has 0 fully saturated rings. The summed E-state index contributed by atoms with van der Waals surface area (Å²) in [6.07, 6.45) is -0.0386. The lowest BCUT2D eigenvalue weighted by molar-refractivity contribution is 0.0498. The number of carbonyl (C=O) groups excluding carboxylic acids is 1. The fraction of sp³-hybridized carbons (Fsp3) is 0.800. The van der Waals surface area contributed by atoms with Crippen LogP contribution >= 0.6 is 0 Å². The normalized spacial score (nSPS) is 12.7. The maximum absolute atomic E-state index is 11.3. The largest absolute Gasteiger partial charge is 0.444 e. The minimum absolute atomic E-state index is 0.0673. The summed E-state index contributed by atoms with van der Waals surface area (Å²) in [5, 5.41) is 19.7. The number of carbonyl (C=O) groups is 1. The molecule has 0 aliphatic heterocycles. The number of nitrogens with zero attached hydrogens (tertiary/aromatic N) is 1. The Labute approximate surface area is 90.0 Å². The molecule has 0 aromatic heterocycles. The molecule has 86 valence electrons. The molecule has 0 saturated heterocycles. The Kier molecular flexibility index (Phi) is 5.72. The van der Waals surface area contributed by atoms with Crippen molar-refractivity contribution >= 4 is 6.09 Å². The van der Waals surface area contributed by atoms with Gasteiger partial charge in [0.2, 0.25) is 0 Å². The summed E-state index contributed by atoms with van der Waals surface area (Å²) >= 11 is 0. The molecule has 0 unspecified atom stereocenters. The third-order valence-electron chi connectivity index (χ3n) is 1.54. The lowest BCUT2D eigenvalue weighted by Crippen LogP contribution is -2.39. The number of aliphatic hydroxyl groups is 1. The zero-order chi connectivity index (χ0) is 11.9. The van der Waals surface area contributed by atoms with Gasteiger partial charge in [0.05, 0.1) is 12.5 Å².